The molecule has 7 nitrogen and oxygen atoms in total. The quantitative estimate of drug-likeness (QED) is 0.814. The summed E-state index contributed by atoms with van der Waals surface area (Å²) in [7, 11) is 0. The van der Waals surface area contributed by atoms with Gasteiger partial charge < -0.3 is 4.90 Å². The Morgan fingerprint density at radius 3 is 2.76 bits per heavy atom. The predicted octanol–water partition coefficient (Wildman–Crippen LogP) is 1.08. The third kappa shape index (κ3) is 4.76. The SMILES string of the molecule is O=C(Cc1ccccc1)NNC(=O)C1CCCN(c2cnccn2)C1. The van der Waals surface area contributed by atoms with Crippen molar-refractivity contribution in [1.29, 1.82) is 0 Å². The number of amides is 2. The number of hydrogen-bond donors (Lipinski definition) is 2. The number of hydrazine groups is 1. The lowest BCUT2D eigenvalue weighted by Gasteiger charge is -2.32. The Bertz CT molecular complexity index is 708. The summed E-state index contributed by atoms with van der Waals surface area (Å²) in [6.45, 7) is 1.42. The Morgan fingerprint density at radius 2 is 2.00 bits per heavy atom. The lowest BCUT2D eigenvalue weighted by molar-refractivity contribution is -0.131. The zero-order valence-corrected chi connectivity index (χ0v) is 13.9. The van der Waals surface area contributed by atoms with Crippen molar-refractivity contribution >= 4 is 17.6 Å². The van der Waals surface area contributed by atoms with Crippen molar-refractivity contribution in [2.75, 3.05) is 18.0 Å². The van der Waals surface area contributed by atoms with E-state index < -0.39 is 0 Å². The molecule has 1 saturated heterocycles. The smallest absolute Gasteiger partial charge is 0.243 e. The van der Waals surface area contributed by atoms with E-state index in [1.807, 2.05) is 35.2 Å². The van der Waals surface area contributed by atoms with Crippen LogP contribution < -0.4 is 15.8 Å². The maximum atomic E-state index is 12.3. The second-order valence-electron chi connectivity index (χ2n) is 6.05. The summed E-state index contributed by atoms with van der Waals surface area (Å²) in [5.74, 6) is 0.178. The van der Waals surface area contributed by atoms with Crippen molar-refractivity contribution in [2.45, 2.75) is 19.3 Å². The van der Waals surface area contributed by atoms with Crippen LogP contribution in [0.4, 0.5) is 5.82 Å². The van der Waals surface area contributed by atoms with E-state index in [9.17, 15) is 9.59 Å². The molecule has 2 amide bonds. The van der Waals surface area contributed by atoms with Crippen LogP contribution >= 0.6 is 0 Å². The Hall–Kier alpha value is -2.96. The molecule has 1 aromatic heterocycles. The molecule has 1 unspecified atom stereocenters. The molecule has 0 bridgehead atoms. The molecule has 3 rings (SSSR count). The number of carbonyl (C=O) groups is 2. The van der Waals surface area contributed by atoms with Crippen molar-refractivity contribution in [3.8, 4) is 0 Å². The fourth-order valence-electron chi connectivity index (χ4n) is 2.91. The first-order chi connectivity index (χ1) is 12.2. The van der Waals surface area contributed by atoms with Gasteiger partial charge in [0, 0.05) is 25.5 Å². The molecule has 7 heteroatoms. The number of nitrogens with one attached hydrogen (secondary N) is 2. The molecule has 1 fully saturated rings. The van der Waals surface area contributed by atoms with Gasteiger partial charge in [0.05, 0.1) is 18.5 Å². The van der Waals surface area contributed by atoms with Gasteiger partial charge in [-0.1, -0.05) is 30.3 Å². The summed E-state index contributed by atoms with van der Waals surface area (Å²) in [6, 6.07) is 9.41. The van der Waals surface area contributed by atoms with Crippen molar-refractivity contribution in [2.24, 2.45) is 5.92 Å². The van der Waals surface area contributed by atoms with E-state index in [2.05, 4.69) is 20.8 Å². The van der Waals surface area contributed by atoms with E-state index in [1.165, 1.54) is 0 Å². The Balaban J connectivity index is 1.48. The third-order valence-electron chi connectivity index (χ3n) is 4.20. The Morgan fingerprint density at radius 1 is 1.16 bits per heavy atom. The van der Waals surface area contributed by atoms with Crippen LogP contribution in [0.3, 0.4) is 0 Å². The first-order valence-electron chi connectivity index (χ1n) is 8.36. The van der Waals surface area contributed by atoms with Gasteiger partial charge in [0.25, 0.3) is 0 Å². The minimum atomic E-state index is -0.235. The molecule has 0 spiro atoms. The molecular weight excluding hydrogens is 318 g/mol. The number of benzene rings is 1. The largest absolute Gasteiger partial charge is 0.355 e. The van der Waals surface area contributed by atoms with E-state index in [4.69, 9.17) is 0 Å². The maximum absolute atomic E-state index is 12.3. The van der Waals surface area contributed by atoms with Crippen molar-refractivity contribution in [3.63, 3.8) is 0 Å². The average Bonchev–Trinajstić information content (AvgIpc) is 2.68. The van der Waals surface area contributed by atoms with Gasteiger partial charge in [-0.15, -0.1) is 0 Å². The Labute approximate surface area is 146 Å². The third-order valence-corrected chi connectivity index (χ3v) is 4.20. The number of hydrogen-bond acceptors (Lipinski definition) is 5. The number of rotatable bonds is 4. The molecule has 1 aromatic carbocycles. The predicted molar refractivity (Wildman–Crippen MR) is 93.4 cm³/mol. The summed E-state index contributed by atoms with van der Waals surface area (Å²) in [6.07, 6.45) is 6.88. The molecule has 25 heavy (non-hydrogen) atoms. The average molecular weight is 339 g/mol. The van der Waals surface area contributed by atoms with Gasteiger partial charge in [0.1, 0.15) is 5.82 Å². The summed E-state index contributed by atoms with van der Waals surface area (Å²) in [5, 5.41) is 0. The molecular formula is C18H21N5O2. The number of anilines is 1. The second kappa shape index (κ2) is 8.23. The number of aromatic nitrogens is 2. The zero-order chi connectivity index (χ0) is 17.5. The van der Waals surface area contributed by atoms with Crippen LogP contribution in [0, 0.1) is 5.92 Å². The molecule has 1 atom stereocenters. The van der Waals surface area contributed by atoms with Gasteiger partial charge in [-0.25, -0.2) is 4.98 Å². The van der Waals surface area contributed by atoms with Crippen LogP contribution in [-0.4, -0.2) is 34.9 Å². The first kappa shape index (κ1) is 16.9. The maximum Gasteiger partial charge on any atom is 0.243 e. The Kier molecular flexibility index (Phi) is 5.56. The van der Waals surface area contributed by atoms with Crippen LogP contribution in [0.2, 0.25) is 0 Å². The van der Waals surface area contributed by atoms with Crippen LogP contribution in [0.15, 0.2) is 48.9 Å². The van der Waals surface area contributed by atoms with Crippen LogP contribution in [0.5, 0.6) is 0 Å². The highest BCUT2D eigenvalue weighted by Gasteiger charge is 2.26. The lowest BCUT2D eigenvalue weighted by atomic mass is 9.97. The molecule has 0 radical (unpaired) electrons. The van der Waals surface area contributed by atoms with Gasteiger partial charge in [-0.3, -0.25) is 25.4 Å². The molecule has 2 N–H and O–H groups in total. The molecule has 1 aliphatic rings. The van der Waals surface area contributed by atoms with Crippen LogP contribution in [0.25, 0.3) is 0 Å². The van der Waals surface area contributed by atoms with E-state index in [0.29, 0.717) is 6.54 Å². The minimum absolute atomic E-state index is 0.171. The van der Waals surface area contributed by atoms with Gasteiger partial charge in [0.15, 0.2) is 0 Å². The summed E-state index contributed by atoms with van der Waals surface area (Å²) < 4.78 is 0. The normalized spacial score (nSPS) is 17.0. The monoisotopic (exact) mass is 339 g/mol. The summed E-state index contributed by atoms with van der Waals surface area (Å²) in [5.41, 5.74) is 5.94. The topological polar surface area (TPSA) is 87.2 Å². The molecule has 2 aromatic rings. The number of nitrogens with zero attached hydrogens (tertiary/aromatic N) is 3. The molecule has 1 aliphatic heterocycles. The minimum Gasteiger partial charge on any atom is -0.355 e. The van der Waals surface area contributed by atoms with Crippen molar-refractivity contribution in [3.05, 3.63) is 54.5 Å². The van der Waals surface area contributed by atoms with Crippen molar-refractivity contribution in [1.82, 2.24) is 20.8 Å². The van der Waals surface area contributed by atoms with Gasteiger partial charge in [-0.2, -0.15) is 0 Å². The van der Waals surface area contributed by atoms with E-state index in [-0.39, 0.29) is 24.2 Å². The highest BCUT2D eigenvalue weighted by molar-refractivity contribution is 5.84. The van der Waals surface area contributed by atoms with E-state index in [1.54, 1.807) is 18.6 Å². The lowest BCUT2D eigenvalue weighted by Crippen LogP contribution is -2.49. The second-order valence-corrected chi connectivity index (χ2v) is 6.05. The standard InChI is InChI=1S/C18H21N5O2/c24-17(11-14-5-2-1-3-6-14)21-22-18(25)15-7-4-10-23(13-15)16-12-19-8-9-20-16/h1-3,5-6,8-9,12,15H,4,7,10-11,13H2,(H,21,24)(H,22,25). The highest BCUT2D eigenvalue weighted by atomic mass is 16.2. The zero-order valence-electron chi connectivity index (χ0n) is 13.9. The molecule has 0 aliphatic carbocycles. The number of carbonyl (C=O) groups excluding carboxylic acids is 2. The van der Waals surface area contributed by atoms with E-state index >= 15 is 0 Å². The summed E-state index contributed by atoms with van der Waals surface area (Å²) >= 11 is 0. The molecule has 0 saturated carbocycles. The highest BCUT2D eigenvalue weighted by Crippen LogP contribution is 2.20. The van der Waals surface area contributed by atoms with Crippen LogP contribution in [0.1, 0.15) is 18.4 Å². The van der Waals surface area contributed by atoms with Gasteiger partial charge in [-0.05, 0) is 18.4 Å². The number of piperidine rings is 1. The first-order valence-corrected chi connectivity index (χ1v) is 8.36. The van der Waals surface area contributed by atoms with Crippen LogP contribution in [-0.2, 0) is 16.0 Å². The fraction of sp³-hybridized carbons (Fsp3) is 0.333. The van der Waals surface area contributed by atoms with Crippen molar-refractivity contribution < 1.29 is 9.59 Å². The van der Waals surface area contributed by atoms with Gasteiger partial charge >= 0.3 is 0 Å². The van der Waals surface area contributed by atoms with Gasteiger partial charge in [0.2, 0.25) is 11.8 Å². The molecule has 2 heterocycles. The molecule has 130 valence electrons. The summed E-state index contributed by atoms with van der Waals surface area (Å²) in [4.78, 5) is 34.7. The fourth-order valence-corrected chi connectivity index (χ4v) is 2.91. The van der Waals surface area contributed by atoms with E-state index in [0.717, 1.165) is 30.8 Å².